The van der Waals surface area contributed by atoms with Gasteiger partial charge in [-0.05, 0) is 36.8 Å². The van der Waals surface area contributed by atoms with E-state index in [1.165, 1.54) is 12.1 Å². The van der Waals surface area contributed by atoms with Crippen molar-refractivity contribution in [2.45, 2.75) is 13.5 Å². The maximum atomic E-state index is 13.1. The number of benzene rings is 2. The Morgan fingerprint density at radius 3 is 2.43 bits per heavy atom. The van der Waals surface area contributed by atoms with E-state index in [2.05, 4.69) is 10.6 Å². The highest BCUT2D eigenvalue weighted by atomic mass is 19.1. The van der Waals surface area contributed by atoms with E-state index in [1.807, 2.05) is 6.92 Å². The fourth-order valence-electron chi connectivity index (χ4n) is 2.06. The molecule has 2 rings (SSSR count). The molecule has 0 aliphatic rings. The monoisotopic (exact) mass is 289 g/mol. The lowest BCUT2D eigenvalue weighted by Gasteiger charge is -2.11. The zero-order valence-electron chi connectivity index (χ0n) is 11.6. The minimum Gasteiger partial charge on any atom is -0.380 e. The van der Waals surface area contributed by atoms with Gasteiger partial charge in [-0.2, -0.15) is 0 Å². The van der Waals surface area contributed by atoms with Crippen molar-refractivity contribution in [3.05, 3.63) is 64.0 Å². The number of anilines is 2. The second-order valence-electron chi connectivity index (χ2n) is 4.47. The number of nitro groups is 1. The predicted molar refractivity (Wildman–Crippen MR) is 81.0 cm³/mol. The van der Waals surface area contributed by atoms with E-state index in [0.29, 0.717) is 24.5 Å². The molecule has 0 spiro atoms. The van der Waals surface area contributed by atoms with Crippen LogP contribution in [0.1, 0.15) is 12.5 Å². The summed E-state index contributed by atoms with van der Waals surface area (Å²) >= 11 is 0. The van der Waals surface area contributed by atoms with Crippen molar-refractivity contribution in [3.8, 4) is 0 Å². The van der Waals surface area contributed by atoms with Gasteiger partial charge in [-0.3, -0.25) is 10.1 Å². The largest absolute Gasteiger partial charge is 0.380 e. The van der Waals surface area contributed by atoms with Crippen molar-refractivity contribution >= 4 is 17.1 Å². The first-order valence-electron chi connectivity index (χ1n) is 6.61. The summed E-state index contributed by atoms with van der Waals surface area (Å²) in [5, 5.41) is 17.2. The summed E-state index contributed by atoms with van der Waals surface area (Å²) in [5.41, 5.74) is 1.59. The Morgan fingerprint density at radius 1 is 1.14 bits per heavy atom. The number of para-hydroxylation sites is 1. The van der Waals surface area contributed by atoms with Crippen LogP contribution in [0.25, 0.3) is 0 Å². The fraction of sp³-hybridized carbons (Fsp3) is 0.200. The molecule has 0 aliphatic carbocycles. The molecule has 0 atom stereocenters. The SMILES string of the molecule is CCNc1cccc(NCc2cccc(F)c2)c1[N+](=O)[O-]. The Kier molecular flexibility index (Phi) is 4.71. The average Bonchev–Trinajstić information content (AvgIpc) is 2.45. The van der Waals surface area contributed by atoms with Crippen molar-refractivity contribution in [2.24, 2.45) is 0 Å². The smallest absolute Gasteiger partial charge is 0.315 e. The van der Waals surface area contributed by atoms with Crippen LogP contribution in [0.4, 0.5) is 21.5 Å². The van der Waals surface area contributed by atoms with E-state index in [1.54, 1.807) is 30.3 Å². The minimum atomic E-state index is -0.425. The third-order valence-corrected chi connectivity index (χ3v) is 2.96. The highest BCUT2D eigenvalue weighted by Crippen LogP contribution is 2.32. The molecule has 0 unspecified atom stereocenters. The van der Waals surface area contributed by atoms with Crippen LogP contribution < -0.4 is 10.6 Å². The minimum absolute atomic E-state index is 0.00393. The molecule has 0 amide bonds. The van der Waals surface area contributed by atoms with Crippen molar-refractivity contribution in [1.82, 2.24) is 0 Å². The summed E-state index contributed by atoms with van der Waals surface area (Å²) in [5.74, 6) is -0.329. The maximum Gasteiger partial charge on any atom is 0.315 e. The molecule has 0 aliphatic heterocycles. The lowest BCUT2D eigenvalue weighted by molar-refractivity contribution is -0.383. The summed E-state index contributed by atoms with van der Waals surface area (Å²) in [7, 11) is 0. The molecule has 0 aromatic heterocycles. The van der Waals surface area contributed by atoms with Gasteiger partial charge in [0.05, 0.1) is 4.92 Å². The van der Waals surface area contributed by atoms with Gasteiger partial charge in [-0.1, -0.05) is 18.2 Å². The summed E-state index contributed by atoms with van der Waals surface area (Å²) in [6.45, 7) is 2.78. The first-order chi connectivity index (χ1) is 10.1. The molecule has 21 heavy (non-hydrogen) atoms. The molecule has 0 saturated carbocycles. The van der Waals surface area contributed by atoms with E-state index in [-0.39, 0.29) is 11.5 Å². The Bertz CT molecular complexity index is 647. The molecular formula is C15H16FN3O2. The third kappa shape index (κ3) is 3.68. The highest BCUT2D eigenvalue weighted by molar-refractivity contribution is 5.76. The molecule has 2 aromatic rings. The number of hydrogen-bond donors (Lipinski definition) is 2. The highest BCUT2D eigenvalue weighted by Gasteiger charge is 2.18. The number of nitrogens with one attached hydrogen (secondary N) is 2. The molecular weight excluding hydrogens is 273 g/mol. The van der Waals surface area contributed by atoms with Crippen LogP contribution >= 0.6 is 0 Å². The van der Waals surface area contributed by atoms with Crippen molar-refractivity contribution in [2.75, 3.05) is 17.2 Å². The second kappa shape index (κ2) is 6.69. The first kappa shape index (κ1) is 14.8. The molecule has 0 bridgehead atoms. The number of rotatable bonds is 6. The van der Waals surface area contributed by atoms with Gasteiger partial charge in [-0.25, -0.2) is 4.39 Å². The Labute approximate surface area is 122 Å². The van der Waals surface area contributed by atoms with Gasteiger partial charge in [0.1, 0.15) is 17.2 Å². The normalized spacial score (nSPS) is 10.2. The molecule has 0 fully saturated rings. The number of nitro benzene ring substituents is 1. The van der Waals surface area contributed by atoms with Crippen molar-refractivity contribution in [1.29, 1.82) is 0 Å². The van der Waals surface area contributed by atoms with Crippen LogP contribution in [-0.2, 0) is 6.54 Å². The Morgan fingerprint density at radius 2 is 1.81 bits per heavy atom. The van der Waals surface area contributed by atoms with Gasteiger partial charge in [0.25, 0.3) is 0 Å². The van der Waals surface area contributed by atoms with Gasteiger partial charge in [0, 0.05) is 13.1 Å². The third-order valence-electron chi connectivity index (χ3n) is 2.96. The fourth-order valence-corrected chi connectivity index (χ4v) is 2.06. The molecule has 5 nitrogen and oxygen atoms in total. The van der Waals surface area contributed by atoms with Crippen LogP contribution in [0.2, 0.25) is 0 Å². The van der Waals surface area contributed by atoms with Crippen LogP contribution in [0.15, 0.2) is 42.5 Å². The zero-order chi connectivity index (χ0) is 15.2. The summed E-state index contributed by atoms with van der Waals surface area (Å²) in [6, 6.07) is 11.2. The van der Waals surface area contributed by atoms with E-state index in [9.17, 15) is 14.5 Å². The summed E-state index contributed by atoms with van der Waals surface area (Å²) < 4.78 is 13.1. The zero-order valence-corrected chi connectivity index (χ0v) is 11.6. The summed E-state index contributed by atoms with van der Waals surface area (Å²) in [6.07, 6.45) is 0. The number of hydrogen-bond acceptors (Lipinski definition) is 4. The van der Waals surface area contributed by atoms with Crippen molar-refractivity contribution < 1.29 is 9.31 Å². The summed E-state index contributed by atoms with van der Waals surface area (Å²) in [4.78, 5) is 10.8. The first-order valence-corrected chi connectivity index (χ1v) is 6.61. The number of halogens is 1. The maximum absolute atomic E-state index is 13.1. The van der Waals surface area contributed by atoms with Gasteiger partial charge in [0.2, 0.25) is 0 Å². The molecule has 0 saturated heterocycles. The molecule has 2 N–H and O–H groups in total. The van der Waals surface area contributed by atoms with E-state index >= 15 is 0 Å². The molecule has 6 heteroatoms. The lowest BCUT2D eigenvalue weighted by Crippen LogP contribution is -2.06. The van der Waals surface area contributed by atoms with Crippen LogP contribution in [0.5, 0.6) is 0 Å². The van der Waals surface area contributed by atoms with Crippen molar-refractivity contribution in [3.63, 3.8) is 0 Å². The molecule has 0 heterocycles. The van der Waals surface area contributed by atoms with Crippen LogP contribution in [0, 0.1) is 15.9 Å². The molecule has 0 radical (unpaired) electrons. The Hall–Kier alpha value is -2.63. The van der Waals surface area contributed by atoms with E-state index in [0.717, 1.165) is 5.56 Å². The van der Waals surface area contributed by atoms with E-state index in [4.69, 9.17) is 0 Å². The Balaban J connectivity index is 2.23. The number of nitrogens with zero attached hydrogens (tertiary/aromatic N) is 1. The second-order valence-corrected chi connectivity index (χ2v) is 4.47. The van der Waals surface area contributed by atoms with Gasteiger partial charge in [0.15, 0.2) is 0 Å². The van der Waals surface area contributed by atoms with Gasteiger partial charge >= 0.3 is 5.69 Å². The van der Waals surface area contributed by atoms with E-state index < -0.39 is 4.92 Å². The standard InChI is InChI=1S/C15H16FN3O2/c1-2-17-13-7-4-8-14(15(13)19(20)21)18-10-11-5-3-6-12(16)9-11/h3-9,17-18H,2,10H2,1H3. The van der Waals surface area contributed by atoms with Gasteiger partial charge < -0.3 is 10.6 Å². The van der Waals surface area contributed by atoms with Gasteiger partial charge in [-0.15, -0.1) is 0 Å². The average molecular weight is 289 g/mol. The quantitative estimate of drug-likeness (QED) is 0.627. The molecule has 110 valence electrons. The molecule has 2 aromatic carbocycles. The lowest BCUT2D eigenvalue weighted by atomic mass is 10.2. The van der Waals surface area contributed by atoms with Crippen LogP contribution in [0.3, 0.4) is 0 Å². The van der Waals surface area contributed by atoms with Crippen LogP contribution in [-0.4, -0.2) is 11.5 Å². The predicted octanol–water partition coefficient (Wildman–Crippen LogP) is 3.78. The topological polar surface area (TPSA) is 67.2 Å².